The van der Waals surface area contributed by atoms with Gasteiger partial charge in [0.2, 0.25) is 0 Å². The summed E-state index contributed by atoms with van der Waals surface area (Å²) >= 11 is 1.43. The number of nitrogens with two attached hydrogens (primary N) is 1. The summed E-state index contributed by atoms with van der Waals surface area (Å²) in [5, 5.41) is 0.753. The van der Waals surface area contributed by atoms with Crippen LogP contribution >= 0.6 is 11.8 Å². The van der Waals surface area contributed by atoms with Crippen LogP contribution in [0, 0.1) is 11.6 Å². The fourth-order valence-corrected chi connectivity index (χ4v) is 2.15. The Bertz CT molecular complexity index is 487. The predicted octanol–water partition coefficient (Wildman–Crippen LogP) is 2.48. The molecule has 2 aromatic rings. The van der Waals surface area contributed by atoms with E-state index < -0.39 is 11.6 Å². The third kappa shape index (κ3) is 3.04. The van der Waals surface area contributed by atoms with E-state index in [1.54, 1.807) is 12.4 Å². The number of hydrogen-bond acceptors (Lipinski definition) is 3. The van der Waals surface area contributed by atoms with Crippen LogP contribution in [-0.4, -0.2) is 15.7 Å². The highest BCUT2D eigenvalue weighted by Crippen LogP contribution is 2.21. The maximum atomic E-state index is 13.0. The molecule has 0 aliphatic carbocycles. The molecule has 0 saturated heterocycles. The Morgan fingerprint density at radius 2 is 2.18 bits per heavy atom. The highest BCUT2D eigenvalue weighted by molar-refractivity contribution is 7.99. The van der Waals surface area contributed by atoms with Gasteiger partial charge in [-0.1, -0.05) is 17.8 Å². The topological polar surface area (TPSA) is 54.7 Å². The lowest BCUT2D eigenvalue weighted by atomic mass is 10.1. The van der Waals surface area contributed by atoms with Crippen LogP contribution in [0.3, 0.4) is 0 Å². The minimum Gasteiger partial charge on any atom is -0.340 e. The molecular weight excluding hydrogens is 244 g/mol. The Labute approximate surface area is 101 Å². The molecule has 6 heteroatoms. The molecule has 0 saturated carbocycles. The van der Waals surface area contributed by atoms with Gasteiger partial charge in [-0.3, -0.25) is 0 Å². The Kier molecular flexibility index (Phi) is 3.75. The summed E-state index contributed by atoms with van der Waals surface area (Å²) in [6.07, 6.45) is 3.36. The van der Waals surface area contributed by atoms with Gasteiger partial charge in [-0.05, 0) is 17.7 Å². The number of aromatic nitrogens is 2. The number of H-pyrrole nitrogens is 1. The smallest absolute Gasteiger partial charge is 0.165 e. The van der Waals surface area contributed by atoms with Crippen molar-refractivity contribution in [3.8, 4) is 0 Å². The fraction of sp³-hybridized carbons (Fsp3) is 0.182. The molecule has 3 N–H and O–H groups in total. The zero-order valence-corrected chi connectivity index (χ0v) is 9.68. The van der Waals surface area contributed by atoms with E-state index in [1.165, 1.54) is 17.8 Å². The number of nitrogens with one attached hydrogen (secondary N) is 1. The number of thioether (sulfide) groups is 1. The van der Waals surface area contributed by atoms with Gasteiger partial charge in [-0.15, -0.1) is 0 Å². The summed E-state index contributed by atoms with van der Waals surface area (Å²) < 4.78 is 25.7. The Morgan fingerprint density at radius 1 is 1.35 bits per heavy atom. The number of hydrogen-bond donors (Lipinski definition) is 2. The van der Waals surface area contributed by atoms with Gasteiger partial charge in [0.05, 0.1) is 0 Å². The minimum absolute atomic E-state index is 0.361. The van der Waals surface area contributed by atoms with Gasteiger partial charge in [0, 0.05) is 24.2 Å². The molecule has 1 heterocycles. The standard InChI is InChI=1S/C11H11F2N3S/c12-8-2-1-7(5-9(8)13)10(14)6-17-11-15-3-4-16-11/h1-5,10H,6,14H2,(H,15,16). The van der Waals surface area contributed by atoms with E-state index in [9.17, 15) is 8.78 Å². The number of halogens is 2. The monoisotopic (exact) mass is 255 g/mol. The lowest BCUT2D eigenvalue weighted by Crippen LogP contribution is -2.13. The van der Waals surface area contributed by atoms with E-state index in [4.69, 9.17) is 5.73 Å². The maximum absolute atomic E-state index is 13.0. The largest absolute Gasteiger partial charge is 0.340 e. The molecule has 0 amide bonds. The minimum atomic E-state index is -0.874. The molecule has 0 bridgehead atoms. The van der Waals surface area contributed by atoms with Gasteiger partial charge < -0.3 is 10.7 Å². The normalized spacial score (nSPS) is 12.6. The van der Waals surface area contributed by atoms with Crippen LogP contribution in [0.4, 0.5) is 8.78 Å². The zero-order valence-electron chi connectivity index (χ0n) is 8.86. The summed E-state index contributed by atoms with van der Waals surface area (Å²) in [6.45, 7) is 0. The van der Waals surface area contributed by atoms with Gasteiger partial charge in [0.15, 0.2) is 16.8 Å². The van der Waals surface area contributed by atoms with Crippen molar-refractivity contribution in [3.05, 3.63) is 47.8 Å². The summed E-state index contributed by atoms with van der Waals surface area (Å²) in [7, 11) is 0. The van der Waals surface area contributed by atoms with Crippen LogP contribution < -0.4 is 5.73 Å². The lowest BCUT2D eigenvalue weighted by molar-refractivity contribution is 0.506. The van der Waals surface area contributed by atoms with E-state index in [0.717, 1.165) is 17.3 Å². The highest BCUT2D eigenvalue weighted by atomic mass is 32.2. The van der Waals surface area contributed by atoms with E-state index in [-0.39, 0.29) is 6.04 Å². The van der Waals surface area contributed by atoms with Crippen molar-refractivity contribution >= 4 is 11.8 Å². The molecule has 1 atom stereocenters. The van der Waals surface area contributed by atoms with E-state index in [2.05, 4.69) is 9.97 Å². The molecular formula is C11H11F2N3S. The van der Waals surface area contributed by atoms with Crippen LogP contribution in [0.2, 0.25) is 0 Å². The number of imidazole rings is 1. The quantitative estimate of drug-likeness (QED) is 0.825. The zero-order chi connectivity index (χ0) is 12.3. The van der Waals surface area contributed by atoms with Crippen molar-refractivity contribution in [2.24, 2.45) is 5.73 Å². The Hall–Kier alpha value is -1.40. The van der Waals surface area contributed by atoms with Gasteiger partial charge in [-0.25, -0.2) is 13.8 Å². The molecule has 1 aromatic heterocycles. The Balaban J connectivity index is 1.99. The Morgan fingerprint density at radius 3 is 2.82 bits per heavy atom. The number of aromatic amines is 1. The van der Waals surface area contributed by atoms with Crippen molar-refractivity contribution in [2.45, 2.75) is 11.2 Å². The molecule has 3 nitrogen and oxygen atoms in total. The average Bonchev–Trinajstić information content (AvgIpc) is 2.82. The highest BCUT2D eigenvalue weighted by Gasteiger charge is 2.10. The SMILES string of the molecule is NC(CSc1ncc[nH]1)c1ccc(F)c(F)c1. The van der Waals surface area contributed by atoms with Gasteiger partial charge >= 0.3 is 0 Å². The predicted molar refractivity (Wildman–Crippen MR) is 62.6 cm³/mol. The number of rotatable bonds is 4. The third-order valence-corrected chi connectivity index (χ3v) is 3.27. The summed E-state index contributed by atoms with van der Waals surface area (Å²) in [6, 6.07) is 3.34. The fourth-order valence-electron chi connectivity index (χ4n) is 1.34. The second-order valence-corrected chi connectivity index (χ2v) is 4.49. The molecule has 0 radical (unpaired) electrons. The van der Waals surface area contributed by atoms with Crippen LogP contribution in [-0.2, 0) is 0 Å². The molecule has 0 aliphatic heterocycles. The van der Waals surface area contributed by atoms with Crippen LogP contribution in [0.15, 0.2) is 35.7 Å². The van der Waals surface area contributed by atoms with Crippen molar-refractivity contribution in [1.82, 2.24) is 9.97 Å². The van der Waals surface area contributed by atoms with Gasteiger partial charge in [0.25, 0.3) is 0 Å². The number of benzene rings is 1. The summed E-state index contributed by atoms with van der Waals surface area (Å²) in [4.78, 5) is 6.96. The molecule has 0 aliphatic rings. The molecule has 17 heavy (non-hydrogen) atoms. The van der Waals surface area contributed by atoms with E-state index in [1.807, 2.05) is 0 Å². The molecule has 1 unspecified atom stereocenters. The van der Waals surface area contributed by atoms with Crippen LogP contribution in [0.1, 0.15) is 11.6 Å². The summed E-state index contributed by atoms with van der Waals surface area (Å²) in [5.74, 6) is -1.20. The maximum Gasteiger partial charge on any atom is 0.165 e. The lowest BCUT2D eigenvalue weighted by Gasteiger charge is -2.10. The molecule has 0 spiro atoms. The third-order valence-electron chi connectivity index (χ3n) is 2.24. The van der Waals surface area contributed by atoms with Crippen LogP contribution in [0.25, 0.3) is 0 Å². The first-order valence-electron chi connectivity index (χ1n) is 4.99. The molecule has 1 aromatic carbocycles. The van der Waals surface area contributed by atoms with E-state index in [0.29, 0.717) is 11.3 Å². The second kappa shape index (κ2) is 5.29. The van der Waals surface area contributed by atoms with Crippen molar-refractivity contribution in [3.63, 3.8) is 0 Å². The molecule has 0 fully saturated rings. The summed E-state index contributed by atoms with van der Waals surface area (Å²) in [5.41, 5.74) is 6.45. The van der Waals surface area contributed by atoms with Crippen molar-refractivity contribution in [2.75, 3.05) is 5.75 Å². The molecule has 2 rings (SSSR count). The first kappa shape index (κ1) is 12.1. The molecule has 90 valence electrons. The van der Waals surface area contributed by atoms with Crippen LogP contribution in [0.5, 0.6) is 0 Å². The number of nitrogens with zero attached hydrogens (tertiary/aromatic N) is 1. The van der Waals surface area contributed by atoms with Gasteiger partial charge in [0.1, 0.15) is 0 Å². The van der Waals surface area contributed by atoms with Crippen molar-refractivity contribution < 1.29 is 8.78 Å². The van der Waals surface area contributed by atoms with Gasteiger partial charge in [-0.2, -0.15) is 0 Å². The van der Waals surface area contributed by atoms with Crippen molar-refractivity contribution in [1.29, 1.82) is 0 Å². The van der Waals surface area contributed by atoms with E-state index >= 15 is 0 Å². The average molecular weight is 255 g/mol. The first-order valence-corrected chi connectivity index (χ1v) is 5.98. The second-order valence-electron chi connectivity index (χ2n) is 3.49. The first-order chi connectivity index (χ1) is 8.16.